The number of aryl methyl sites for hydroxylation is 1. The van der Waals surface area contributed by atoms with E-state index in [9.17, 15) is 0 Å². The second kappa shape index (κ2) is 5.95. The number of nitrogens with zero attached hydrogens (tertiary/aromatic N) is 4. The van der Waals surface area contributed by atoms with E-state index in [0.717, 1.165) is 24.3 Å². The summed E-state index contributed by atoms with van der Waals surface area (Å²) in [6.07, 6.45) is 10.3. The molecule has 0 amide bonds. The summed E-state index contributed by atoms with van der Waals surface area (Å²) in [5, 5.41) is 2.45. The summed E-state index contributed by atoms with van der Waals surface area (Å²) in [6.45, 7) is 2.33. The van der Waals surface area contributed by atoms with Gasteiger partial charge in [0, 0.05) is 53.6 Å². The molecule has 26 heavy (non-hydrogen) atoms. The lowest BCUT2D eigenvalue weighted by atomic mass is 9.93. The Kier molecular flexibility index (Phi) is 3.57. The third-order valence-corrected chi connectivity index (χ3v) is 5.79. The van der Waals surface area contributed by atoms with Gasteiger partial charge in [0.2, 0.25) is 0 Å². The van der Waals surface area contributed by atoms with Crippen molar-refractivity contribution in [2.45, 2.75) is 18.8 Å². The van der Waals surface area contributed by atoms with Crippen LogP contribution in [0, 0.1) is 0 Å². The molecule has 0 atom stereocenters. The smallest absolute Gasteiger partial charge is 0.138 e. The number of H-pyrrole nitrogens is 1. The zero-order chi connectivity index (χ0) is 17.7. The standard InChI is InChI=1S/C21H23N5/c1-25-9-5-14(6-10-25)19-11-17-15(4-8-23-21(17)24-19)18-13-26(2)20-12-22-7-3-16(18)20/h3-4,7-8,11-14H,5-6,9-10H2,1-2H3,(H,23,24). The van der Waals surface area contributed by atoms with Crippen LogP contribution in [0.15, 0.2) is 43.0 Å². The van der Waals surface area contributed by atoms with Crippen molar-refractivity contribution in [3.05, 3.63) is 48.7 Å². The minimum atomic E-state index is 0.602. The van der Waals surface area contributed by atoms with E-state index in [-0.39, 0.29) is 0 Å². The van der Waals surface area contributed by atoms with E-state index >= 15 is 0 Å². The number of aromatic amines is 1. The van der Waals surface area contributed by atoms with E-state index in [2.05, 4.69) is 62.9 Å². The number of aromatic nitrogens is 4. The lowest BCUT2D eigenvalue weighted by Gasteiger charge is -2.28. The van der Waals surface area contributed by atoms with E-state index < -0.39 is 0 Å². The lowest BCUT2D eigenvalue weighted by Crippen LogP contribution is -2.29. The van der Waals surface area contributed by atoms with Gasteiger partial charge in [0.1, 0.15) is 5.65 Å². The normalized spacial score (nSPS) is 16.7. The Bertz CT molecular complexity index is 1080. The molecule has 0 unspecified atom stereocenters. The van der Waals surface area contributed by atoms with Gasteiger partial charge in [0.05, 0.1) is 11.7 Å². The third kappa shape index (κ3) is 2.42. The summed E-state index contributed by atoms with van der Waals surface area (Å²) in [6, 6.07) is 6.55. The number of rotatable bonds is 2. The molecule has 1 aliphatic rings. The van der Waals surface area contributed by atoms with Gasteiger partial charge in [-0.2, -0.15) is 0 Å². The third-order valence-electron chi connectivity index (χ3n) is 5.79. The van der Waals surface area contributed by atoms with Gasteiger partial charge in [-0.25, -0.2) is 4.98 Å². The zero-order valence-electron chi connectivity index (χ0n) is 15.2. The van der Waals surface area contributed by atoms with Crippen molar-refractivity contribution < 1.29 is 0 Å². The second-order valence-electron chi connectivity index (χ2n) is 7.47. The number of pyridine rings is 2. The molecule has 5 nitrogen and oxygen atoms in total. The topological polar surface area (TPSA) is 49.7 Å². The fourth-order valence-electron chi connectivity index (χ4n) is 4.26. The predicted molar refractivity (Wildman–Crippen MR) is 105 cm³/mol. The highest BCUT2D eigenvalue weighted by molar-refractivity contribution is 6.03. The lowest BCUT2D eigenvalue weighted by molar-refractivity contribution is 0.254. The number of nitrogens with one attached hydrogen (secondary N) is 1. The summed E-state index contributed by atoms with van der Waals surface area (Å²) in [4.78, 5) is 14.9. The number of piperidine rings is 1. The Balaban J connectivity index is 1.64. The van der Waals surface area contributed by atoms with Crippen molar-refractivity contribution in [1.82, 2.24) is 24.4 Å². The van der Waals surface area contributed by atoms with Crippen LogP contribution in [0.4, 0.5) is 0 Å². The van der Waals surface area contributed by atoms with Gasteiger partial charge in [-0.1, -0.05) is 0 Å². The second-order valence-corrected chi connectivity index (χ2v) is 7.47. The number of hydrogen-bond acceptors (Lipinski definition) is 3. The first-order chi connectivity index (χ1) is 12.7. The fourth-order valence-corrected chi connectivity index (χ4v) is 4.26. The molecule has 1 saturated heterocycles. The highest BCUT2D eigenvalue weighted by Gasteiger charge is 2.21. The molecule has 5 rings (SSSR count). The minimum absolute atomic E-state index is 0.602. The summed E-state index contributed by atoms with van der Waals surface area (Å²) in [7, 11) is 4.28. The summed E-state index contributed by atoms with van der Waals surface area (Å²) in [5.74, 6) is 0.602. The maximum absolute atomic E-state index is 4.60. The number of likely N-dealkylation sites (tertiary alicyclic amines) is 1. The molecule has 4 aromatic heterocycles. The first-order valence-electron chi connectivity index (χ1n) is 9.26. The highest BCUT2D eigenvalue weighted by Crippen LogP contribution is 2.36. The van der Waals surface area contributed by atoms with Crippen LogP contribution in [-0.4, -0.2) is 44.6 Å². The first kappa shape index (κ1) is 15.6. The maximum atomic E-state index is 4.60. The molecular formula is C21H23N5. The van der Waals surface area contributed by atoms with Gasteiger partial charge in [-0.15, -0.1) is 0 Å². The molecule has 5 heterocycles. The predicted octanol–water partition coefficient (Wildman–Crippen LogP) is 3.93. The number of hydrogen-bond donors (Lipinski definition) is 1. The molecule has 1 N–H and O–H groups in total. The molecule has 0 radical (unpaired) electrons. The van der Waals surface area contributed by atoms with Crippen LogP contribution in [-0.2, 0) is 7.05 Å². The average Bonchev–Trinajstić information content (AvgIpc) is 3.24. The molecule has 4 aromatic rings. The zero-order valence-corrected chi connectivity index (χ0v) is 15.2. The van der Waals surface area contributed by atoms with Gasteiger partial charge < -0.3 is 14.5 Å². The van der Waals surface area contributed by atoms with E-state index in [4.69, 9.17) is 0 Å². The van der Waals surface area contributed by atoms with Crippen molar-refractivity contribution in [1.29, 1.82) is 0 Å². The van der Waals surface area contributed by atoms with Gasteiger partial charge >= 0.3 is 0 Å². The van der Waals surface area contributed by atoms with Crippen LogP contribution in [0.1, 0.15) is 24.5 Å². The minimum Gasteiger partial charge on any atom is -0.349 e. The first-order valence-corrected chi connectivity index (χ1v) is 9.26. The quantitative estimate of drug-likeness (QED) is 0.599. The molecule has 132 valence electrons. The van der Waals surface area contributed by atoms with Crippen molar-refractivity contribution in [3.8, 4) is 11.1 Å². The van der Waals surface area contributed by atoms with Crippen molar-refractivity contribution in [2.75, 3.05) is 20.1 Å². The van der Waals surface area contributed by atoms with Crippen LogP contribution in [0.2, 0.25) is 0 Å². The Labute approximate surface area is 152 Å². The largest absolute Gasteiger partial charge is 0.349 e. The van der Waals surface area contributed by atoms with Crippen LogP contribution >= 0.6 is 0 Å². The van der Waals surface area contributed by atoms with Crippen LogP contribution < -0.4 is 0 Å². The van der Waals surface area contributed by atoms with E-state index in [0.29, 0.717) is 5.92 Å². The highest BCUT2D eigenvalue weighted by atomic mass is 15.1. The Morgan fingerprint density at radius 2 is 1.88 bits per heavy atom. The van der Waals surface area contributed by atoms with E-state index in [1.54, 1.807) is 0 Å². The Morgan fingerprint density at radius 3 is 2.73 bits per heavy atom. The SMILES string of the molecule is CN1CCC(c2cc3c(-c4cn(C)c5cnccc45)ccnc3[nH]2)CC1. The van der Waals surface area contributed by atoms with Crippen LogP contribution in [0.5, 0.6) is 0 Å². The molecule has 5 heteroatoms. The number of fused-ring (bicyclic) bond motifs is 2. The maximum Gasteiger partial charge on any atom is 0.138 e. The summed E-state index contributed by atoms with van der Waals surface area (Å²) >= 11 is 0. The molecule has 1 fully saturated rings. The Morgan fingerprint density at radius 1 is 1.04 bits per heavy atom. The van der Waals surface area contributed by atoms with Gasteiger partial charge in [-0.05, 0) is 56.7 Å². The van der Waals surface area contributed by atoms with E-state index in [1.165, 1.54) is 40.4 Å². The average molecular weight is 345 g/mol. The van der Waals surface area contributed by atoms with Crippen LogP contribution in [0.3, 0.4) is 0 Å². The van der Waals surface area contributed by atoms with E-state index in [1.807, 2.05) is 18.6 Å². The van der Waals surface area contributed by atoms with Crippen molar-refractivity contribution >= 4 is 21.9 Å². The van der Waals surface area contributed by atoms with Gasteiger partial charge in [0.25, 0.3) is 0 Å². The van der Waals surface area contributed by atoms with Crippen molar-refractivity contribution in [2.24, 2.45) is 7.05 Å². The molecule has 0 bridgehead atoms. The summed E-state index contributed by atoms with van der Waals surface area (Å²) in [5.41, 5.74) is 5.95. The van der Waals surface area contributed by atoms with Crippen molar-refractivity contribution in [3.63, 3.8) is 0 Å². The van der Waals surface area contributed by atoms with Crippen LogP contribution in [0.25, 0.3) is 33.1 Å². The molecular weight excluding hydrogens is 322 g/mol. The Hall–Kier alpha value is -2.66. The monoisotopic (exact) mass is 345 g/mol. The molecule has 0 spiro atoms. The molecule has 1 aliphatic heterocycles. The fraction of sp³-hybridized carbons (Fsp3) is 0.333. The molecule has 0 aromatic carbocycles. The molecule has 0 aliphatic carbocycles. The van der Waals surface area contributed by atoms with Gasteiger partial charge in [-0.3, -0.25) is 4.98 Å². The summed E-state index contributed by atoms with van der Waals surface area (Å²) < 4.78 is 2.15. The molecule has 0 saturated carbocycles. The van der Waals surface area contributed by atoms with Gasteiger partial charge in [0.15, 0.2) is 0 Å².